The van der Waals surface area contributed by atoms with E-state index in [4.69, 9.17) is 34.8 Å². The average molecular weight is 351 g/mol. The van der Waals surface area contributed by atoms with Crippen molar-refractivity contribution >= 4 is 40.7 Å². The van der Waals surface area contributed by atoms with Crippen molar-refractivity contribution in [1.82, 2.24) is 5.32 Å². The molecule has 1 aromatic rings. The molecule has 116 valence electrons. The van der Waals surface area contributed by atoms with E-state index in [9.17, 15) is 9.90 Å². The monoisotopic (exact) mass is 349 g/mol. The highest BCUT2D eigenvalue weighted by molar-refractivity contribution is 6.55. The van der Waals surface area contributed by atoms with E-state index in [1.807, 2.05) is 19.1 Å². The molecule has 0 radical (unpaired) electrons. The lowest BCUT2D eigenvalue weighted by Gasteiger charge is -2.21. The summed E-state index contributed by atoms with van der Waals surface area (Å²) in [6.07, 6.45) is 0.353. The van der Waals surface area contributed by atoms with Crippen molar-refractivity contribution in [3.05, 3.63) is 34.9 Å². The fourth-order valence-electron chi connectivity index (χ4n) is 2.93. The summed E-state index contributed by atoms with van der Waals surface area (Å²) in [5.74, 6) is -0.345. The minimum Gasteiger partial charge on any atom is -0.386 e. The molecular formula is C15H18Cl3NO2. The Morgan fingerprint density at radius 2 is 1.81 bits per heavy atom. The quantitative estimate of drug-likeness (QED) is 0.810. The Morgan fingerprint density at radius 1 is 1.33 bits per heavy atom. The number of hydrogen-bond donors (Lipinski definition) is 2. The van der Waals surface area contributed by atoms with Crippen molar-refractivity contribution in [2.45, 2.75) is 43.2 Å². The van der Waals surface area contributed by atoms with Gasteiger partial charge in [-0.2, -0.15) is 0 Å². The van der Waals surface area contributed by atoms with Gasteiger partial charge in [0.1, 0.15) is 11.0 Å². The van der Waals surface area contributed by atoms with Crippen LogP contribution in [0.2, 0.25) is 5.02 Å². The lowest BCUT2D eigenvalue weighted by molar-refractivity contribution is -0.129. The second-order valence-corrected chi connectivity index (χ2v) is 7.42. The van der Waals surface area contributed by atoms with Crippen LogP contribution in [0.3, 0.4) is 0 Å². The summed E-state index contributed by atoms with van der Waals surface area (Å²) in [7, 11) is 0. The van der Waals surface area contributed by atoms with Crippen LogP contribution in [0.15, 0.2) is 24.3 Å². The number of amides is 1. The summed E-state index contributed by atoms with van der Waals surface area (Å²) in [5, 5.41) is 13.8. The fourth-order valence-corrected chi connectivity index (χ4v) is 4.09. The maximum Gasteiger partial charge on any atom is 0.232 e. The van der Waals surface area contributed by atoms with E-state index in [1.165, 1.54) is 6.92 Å². The van der Waals surface area contributed by atoms with Crippen molar-refractivity contribution in [3.8, 4) is 0 Å². The summed E-state index contributed by atoms with van der Waals surface area (Å²) in [6, 6.07) is 6.96. The number of aliphatic hydroxyl groups is 1. The molecule has 0 saturated heterocycles. The SMILES string of the molecule is CCC1(C(=O)NC(C)c2ccc(Cl)cc2)C(C)(O)C1(Cl)Cl. The number of hydrogen-bond acceptors (Lipinski definition) is 2. The Hall–Kier alpha value is -0.480. The number of halogens is 3. The number of carbonyl (C=O) groups is 1. The number of rotatable bonds is 4. The van der Waals surface area contributed by atoms with Crippen molar-refractivity contribution in [2.75, 3.05) is 0 Å². The van der Waals surface area contributed by atoms with E-state index in [0.717, 1.165) is 5.56 Å². The van der Waals surface area contributed by atoms with Gasteiger partial charge in [-0.15, -0.1) is 0 Å². The molecule has 6 heteroatoms. The van der Waals surface area contributed by atoms with Gasteiger partial charge in [0.15, 0.2) is 4.33 Å². The largest absolute Gasteiger partial charge is 0.386 e. The van der Waals surface area contributed by atoms with Crippen LogP contribution in [0.5, 0.6) is 0 Å². The first kappa shape index (κ1) is 16.9. The van der Waals surface area contributed by atoms with E-state index in [-0.39, 0.29) is 11.9 Å². The summed E-state index contributed by atoms with van der Waals surface area (Å²) >= 11 is 18.1. The molecule has 1 saturated carbocycles. The molecule has 0 aliphatic heterocycles. The normalized spacial score (nSPS) is 31.6. The van der Waals surface area contributed by atoms with Crippen LogP contribution in [0.25, 0.3) is 0 Å². The van der Waals surface area contributed by atoms with Crippen LogP contribution in [0.1, 0.15) is 38.8 Å². The van der Waals surface area contributed by atoms with Crippen LogP contribution in [-0.2, 0) is 4.79 Å². The molecule has 0 spiro atoms. The van der Waals surface area contributed by atoms with Gasteiger partial charge in [0, 0.05) is 5.02 Å². The number of carbonyl (C=O) groups excluding carboxylic acids is 1. The molecule has 3 unspecified atom stereocenters. The zero-order chi connectivity index (χ0) is 16.1. The number of benzene rings is 1. The second kappa shape index (κ2) is 5.31. The molecule has 3 atom stereocenters. The number of nitrogens with one attached hydrogen (secondary N) is 1. The van der Waals surface area contributed by atoms with Gasteiger partial charge in [-0.05, 0) is 38.0 Å². The maximum atomic E-state index is 12.6. The minimum absolute atomic E-state index is 0.237. The van der Waals surface area contributed by atoms with Gasteiger partial charge in [0.2, 0.25) is 5.91 Å². The molecule has 3 nitrogen and oxygen atoms in total. The lowest BCUT2D eigenvalue weighted by atomic mass is 9.96. The zero-order valence-electron chi connectivity index (χ0n) is 12.1. The number of alkyl halides is 2. The molecule has 1 amide bonds. The van der Waals surface area contributed by atoms with Crippen molar-refractivity contribution in [2.24, 2.45) is 5.41 Å². The van der Waals surface area contributed by atoms with Gasteiger partial charge in [-0.25, -0.2) is 0 Å². The standard InChI is InChI=1S/C15H18Cl3NO2/c1-4-14(13(3,21)15(14,17)18)12(20)19-9(2)10-5-7-11(16)8-6-10/h5-9,21H,4H2,1-3H3,(H,19,20). The smallest absolute Gasteiger partial charge is 0.232 e. The Morgan fingerprint density at radius 3 is 2.19 bits per heavy atom. The first-order chi connectivity index (χ1) is 9.61. The minimum atomic E-state index is -1.47. The third-order valence-electron chi connectivity index (χ3n) is 4.55. The highest BCUT2D eigenvalue weighted by Crippen LogP contribution is 2.73. The molecule has 0 aromatic heterocycles. The maximum absolute atomic E-state index is 12.6. The van der Waals surface area contributed by atoms with Crippen LogP contribution in [0.4, 0.5) is 0 Å². The van der Waals surface area contributed by atoms with E-state index >= 15 is 0 Å². The molecule has 1 aromatic carbocycles. The molecular weight excluding hydrogens is 333 g/mol. The van der Waals surface area contributed by atoms with Crippen molar-refractivity contribution < 1.29 is 9.90 Å². The highest BCUT2D eigenvalue weighted by atomic mass is 35.5. The Balaban J connectivity index is 2.17. The van der Waals surface area contributed by atoms with E-state index in [1.54, 1.807) is 19.1 Å². The molecule has 2 N–H and O–H groups in total. The van der Waals surface area contributed by atoms with E-state index < -0.39 is 15.3 Å². The van der Waals surface area contributed by atoms with Crippen LogP contribution in [0, 0.1) is 5.41 Å². The Labute approximate surface area is 139 Å². The molecule has 2 rings (SSSR count). The zero-order valence-corrected chi connectivity index (χ0v) is 14.4. The molecule has 1 aliphatic rings. The first-order valence-electron chi connectivity index (χ1n) is 6.78. The average Bonchev–Trinajstić information content (AvgIpc) is 2.76. The predicted molar refractivity (Wildman–Crippen MR) is 85.8 cm³/mol. The van der Waals surface area contributed by atoms with Crippen molar-refractivity contribution in [3.63, 3.8) is 0 Å². The van der Waals surface area contributed by atoms with Crippen LogP contribution < -0.4 is 5.32 Å². The van der Waals surface area contributed by atoms with Gasteiger partial charge in [-0.1, -0.05) is 53.9 Å². The molecule has 21 heavy (non-hydrogen) atoms. The van der Waals surface area contributed by atoms with Gasteiger partial charge in [0.05, 0.1) is 6.04 Å². The predicted octanol–water partition coefficient (Wildman–Crippen LogP) is 3.85. The molecule has 0 bridgehead atoms. The van der Waals surface area contributed by atoms with Gasteiger partial charge >= 0.3 is 0 Å². The Bertz CT molecular complexity index is 541. The third-order valence-corrected chi connectivity index (χ3v) is 6.18. The van der Waals surface area contributed by atoms with Crippen molar-refractivity contribution in [1.29, 1.82) is 0 Å². The third kappa shape index (κ3) is 2.26. The topological polar surface area (TPSA) is 49.3 Å². The summed E-state index contributed by atoms with van der Waals surface area (Å²) < 4.78 is -1.47. The second-order valence-electron chi connectivity index (χ2n) is 5.65. The van der Waals surface area contributed by atoms with Gasteiger partial charge in [0.25, 0.3) is 0 Å². The van der Waals surface area contributed by atoms with E-state index in [2.05, 4.69) is 5.32 Å². The summed E-state index contributed by atoms with van der Waals surface area (Å²) in [5.41, 5.74) is -1.72. The molecule has 0 heterocycles. The Kier molecular flexibility index (Phi) is 4.27. The van der Waals surface area contributed by atoms with E-state index in [0.29, 0.717) is 11.4 Å². The van der Waals surface area contributed by atoms with Gasteiger partial charge < -0.3 is 10.4 Å². The van der Waals surface area contributed by atoms with Crippen LogP contribution in [-0.4, -0.2) is 20.9 Å². The first-order valence-corrected chi connectivity index (χ1v) is 7.92. The van der Waals surface area contributed by atoms with Gasteiger partial charge in [-0.3, -0.25) is 4.79 Å². The molecule has 1 aliphatic carbocycles. The summed E-state index contributed by atoms with van der Waals surface area (Å²) in [6.45, 7) is 5.13. The lowest BCUT2D eigenvalue weighted by Crippen LogP contribution is -2.38. The fraction of sp³-hybridized carbons (Fsp3) is 0.533. The van der Waals surface area contributed by atoms with Crippen LogP contribution >= 0.6 is 34.8 Å². The highest BCUT2D eigenvalue weighted by Gasteiger charge is 2.87. The molecule has 1 fully saturated rings. The summed E-state index contributed by atoms with van der Waals surface area (Å²) in [4.78, 5) is 12.6.